The van der Waals surface area contributed by atoms with Gasteiger partial charge in [-0.15, -0.1) is 0 Å². The number of fused-ring (bicyclic) bond motifs is 1. The highest BCUT2D eigenvalue weighted by atomic mass is 16.4. The van der Waals surface area contributed by atoms with E-state index in [1.165, 1.54) is 29.2 Å². The summed E-state index contributed by atoms with van der Waals surface area (Å²) in [5.41, 5.74) is 1.40. The van der Waals surface area contributed by atoms with Crippen LogP contribution in [-0.4, -0.2) is 64.0 Å². The van der Waals surface area contributed by atoms with Gasteiger partial charge < -0.3 is 15.1 Å². The molecule has 1 saturated heterocycles. The fourth-order valence-corrected chi connectivity index (χ4v) is 4.44. The Labute approximate surface area is 195 Å². The Morgan fingerprint density at radius 3 is 2.18 bits per heavy atom. The molecule has 0 aromatic heterocycles. The van der Waals surface area contributed by atoms with Crippen LogP contribution in [0.2, 0.25) is 0 Å². The van der Waals surface area contributed by atoms with E-state index in [0.29, 0.717) is 5.91 Å². The highest BCUT2D eigenvalue weighted by Gasteiger charge is 2.32. The molecule has 2 aromatic rings. The normalized spacial score (nSPS) is 16.6. The molecule has 2 fully saturated rings. The molecule has 1 aliphatic heterocycles. The number of nitrogens with zero attached hydrogens (tertiary/aromatic N) is 2. The molecule has 0 spiro atoms. The quantitative estimate of drug-likeness (QED) is 0.617. The molecule has 0 bridgehead atoms. The van der Waals surface area contributed by atoms with Crippen molar-refractivity contribution in [2.75, 3.05) is 26.2 Å². The lowest BCUT2D eigenvalue weighted by molar-refractivity contribution is -0.159. The van der Waals surface area contributed by atoms with E-state index in [-0.39, 0.29) is 5.92 Å². The number of carboxylic acids is 2. The number of amides is 1. The molecule has 33 heavy (non-hydrogen) atoms. The van der Waals surface area contributed by atoms with Gasteiger partial charge in [0, 0.05) is 25.6 Å². The molecule has 1 aliphatic carbocycles. The number of hydrogen-bond acceptors (Lipinski definition) is 4. The molecule has 7 nitrogen and oxygen atoms in total. The molecular formula is C26H34N2O5. The maximum atomic E-state index is 13.0. The summed E-state index contributed by atoms with van der Waals surface area (Å²) < 4.78 is 0. The van der Waals surface area contributed by atoms with Crippen LogP contribution in [0, 0.1) is 11.8 Å². The summed E-state index contributed by atoms with van der Waals surface area (Å²) in [5, 5.41) is 17.5. The van der Waals surface area contributed by atoms with Crippen LogP contribution in [0.4, 0.5) is 0 Å². The molecule has 0 radical (unpaired) electrons. The molecule has 2 aliphatic rings. The zero-order chi connectivity index (χ0) is 23.8. The van der Waals surface area contributed by atoms with E-state index in [4.69, 9.17) is 19.8 Å². The zero-order valence-corrected chi connectivity index (χ0v) is 19.3. The highest BCUT2D eigenvalue weighted by molar-refractivity contribution is 6.27. The van der Waals surface area contributed by atoms with Gasteiger partial charge in [0.25, 0.3) is 0 Å². The van der Waals surface area contributed by atoms with Gasteiger partial charge in [-0.05, 0) is 67.4 Å². The second kappa shape index (κ2) is 11.8. The summed E-state index contributed by atoms with van der Waals surface area (Å²) in [6.07, 6.45) is 5.72. The molecule has 2 aromatic carbocycles. The third-order valence-corrected chi connectivity index (χ3v) is 6.37. The van der Waals surface area contributed by atoms with Crippen LogP contribution in [0.3, 0.4) is 0 Å². The maximum absolute atomic E-state index is 13.0. The number of piperidine rings is 1. The number of hydrogen-bond donors (Lipinski definition) is 2. The van der Waals surface area contributed by atoms with Gasteiger partial charge in [0.15, 0.2) is 0 Å². The summed E-state index contributed by atoms with van der Waals surface area (Å²) in [6.45, 7) is 7.17. The van der Waals surface area contributed by atoms with Crippen molar-refractivity contribution in [3.63, 3.8) is 0 Å². The monoisotopic (exact) mass is 454 g/mol. The van der Waals surface area contributed by atoms with Crippen molar-refractivity contribution in [2.45, 2.75) is 45.6 Å². The van der Waals surface area contributed by atoms with E-state index in [0.717, 1.165) is 57.9 Å². The first-order chi connectivity index (χ1) is 15.9. The van der Waals surface area contributed by atoms with Crippen molar-refractivity contribution in [1.29, 1.82) is 0 Å². The van der Waals surface area contributed by atoms with Gasteiger partial charge in [-0.1, -0.05) is 49.4 Å². The number of carboxylic acid groups (broad SMARTS) is 2. The first-order valence-corrected chi connectivity index (χ1v) is 11.8. The van der Waals surface area contributed by atoms with E-state index in [2.05, 4.69) is 59.2 Å². The van der Waals surface area contributed by atoms with Crippen LogP contribution >= 0.6 is 0 Å². The van der Waals surface area contributed by atoms with Crippen molar-refractivity contribution in [1.82, 2.24) is 9.80 Å². The van der Waals surface area contributed by atoms with Crippen LogP contribution in [0.5, 0.6) is 0 Å². The van der Waals surface area contributed by atoms with E-state index >= 15 is 0 Å². The predicted molar refractivity (Wildman–Crippen MR) is 127 cm³/mol. The van der Waals surface area contributed by atoms with Gasteiger partial charge in [-0.25, -0.2) is 9.59 Å². The Hall–Kier alpha value is -2.93. The SMILES string of the molecule is CCCN(CC1CC1)C(=O)C1CCN(Cc2cccc3ccccc23)CC1.O=C(O)C(=O)O. The summed E-state index contributed by atoms with van der Waals surface area (Å²) in [5.74, 6) is -2.20. The van der Waals surface area contributed by atoms with E-state index in [1.54, 1.807) is 0 Å². The molecule has 1 heterocycles. The minimum atomic E-state index is -1.82. The Kier molecular flexibility index (Phi) is 8.83. The fourth-order valence-electron chi connectivity index (χ4n) is 4.44. The minimum absolute atomic E-state index is 0.235. The topological polar surface area (TPSA) is 98.2 Å². The second-order valence-electron chi connectivity index (χ2n) is 9.03. The molecule has 7 heteroatoms. The highest BCUT2D eigenvalue weighted by Crippen LogP contribution is 2.31. The lowest BCUT2D eigenvalue weighted by Crippen LogP contribution is -2.43. The zero-order valence-electron chi connectivity index (χ0n) is 19.3. The largest absolute Gasteiger partial charge is 0.473 e. The number of carbonyl (C=O) groups is 3. The average Bonchev–Trinajstić information content (AvgIpc) is 3.64. The van der Waals surface area contributed by atoms with Crippen molar-refractivity contribution >= 4 is 28.6 Å². The van der Waals surface area contributed by atoms with Crippen molar-refractivity contribution in [3.05, 3.63) is 48.0 Å². The van der Waals surface area contributed by atoms with Gasteiger partial charge >= 0.3 is 11.9 Å². The van der Waals surface area contributed by atoms with E-state index < -0.39 is 11.9 Å². The van der Waals surface area contributed by atoms with Gasteiger partial charge in [-0.3, -0.25) is 9.69 Å². The van der Waals surface area contributed by atoms with E-state index in [1.807, 2.05) is 0 Å². The number of likely N-dealkylation sites (tertiary alicyclic amines) is 1. The second-order valence-corrected chi connectivity index (χ2v) is 9.03. The Morgan fingerprint density at radius 2 is 1.58 bits per heavy atom. The van der Waals surface area contributed by atoms with Gasteiger partial charge in [0.1, 0.15) is 0 Å². The first kappa shape index (κ1) is 24.7. The van der Waals surface area contributed by atoms with Gasteiger partial charge in [-0.2, -0.15) is 0 Å². The fraction of sp³-hybridized carbons (Fsp3) is 0.500. The number of carbonyl (C=O) groups excluding carboxylic acids is 1. The Bertz CT molecular complexity index is 947. The molecule has 178 valence electrons. The van der Waals surface area contributed by atoms with Crippen LogP contribution in [0.1, 0.15) is 44.6 Å². The van der Waals surface area contributed by atoms with Crippen molar-refractivity contribution in [3.8, 4) is 0 Å². The molecular weight excluding hydrogens is 420 g/mol. The third-order valence-electron chi connectivity index (χ3n) is 6.37. The van der Waals surface area contributed by atoms with Crippen LogP contribution in [-0.2, 0) is 20.9 Å². The smallest absolute Gasteiger partial charge is 0.414 e. The van der Waals surface area contributed by atoms with Crippen molar-refractivity contribution in [2.24, 2.45) is 11.8 Å². The lowest BCUT2D eigenvalue weighted by Gasteiger charge is -2.34. The van der Waals surface area contributed by atoms with Crippen LogP contribution in [0.15, 0.2) is 42.5 Å². The third kappa shape index (κ3) is 7.29. The van der Waals surface area contributed by atoms with Crippen molar-refractivity contribution < 1.29 is 24.6 Å². The summed E-state index contributed by atoms with van der Waals surface area (Å²) in [6, 6.07) is 15.2. The summed E-state index contributed by atoms with van der Waals surface area (Å²) in [4.78, 5) is 35.9. The molecule has 0 unspecified atom stereocenters. The summed E-state index contributed by atoms with van der Waals surface area (Å²) in [7, 11) is 0. The van der Waals surface area contributed by atoms with Crippen LogP contribution in [0.25, 0.3) is 10.8 Å². The molecule has 4 rings (SSSR count). The first-order valence-electron chi connectivity index (χ1n) is 11.8. The Balaban J connectivity index is 0.000000454. The number of rotatable bonds is 7. The number of benzene rings is 2. The predicted octanol–water partition coefficient (Wildman–Crippen LogP) is 3.86. The summed E-state index contributed by atoms with van der Waals surface area (Å²) >= 11 is 0. The average molecular weight is 455 g/mol. The lowest BCUT2D eigenvalue weighted by atomic mass is 9.94. The van der Waals surface area contributed by atoms with Gasteiger partial charge in [0.2, 0.25) is 5.91 Å². The maximum Gasteiger partial charge on any atom is 0.414 e. The molecule has 1 saturated carbocycles. The van der Waals surface area contributed by atoms with Crippen LogP contribution < -0.4 is 0 Å². The molecule has 1 amide bonds. The van der Waals surface area contributed by atoms with Gasteiger partial charge in [0.05, 0.1) is 0 Å². The standard InChI is InChI=1S/C24H32N2O.C2H2O4/c1-2-14-26(17-19-10-11-19)24(27)21-12-15-25(16-13-21)18-22-8-5-7-20-6-3-4-9-23(20)22;3-1(4)2(5)6/h3-9,19,21H,2,10-18H2,1H3;(H,3,4)(H,5,6). The number of aliphatic carboxylic acids is 2. The van der Waals surface area contributed by atoms with E-state index in [9.17, 15) is 4.79 Å². The Morgan fingerprint density at radius 1 is 0.939 bits per heavy atom. The molecule has 2 N–H and O–H groups in total. The molecule has 0 atom stereocenters. The minimum Gasteiger partial charge on any atom is -0.473 e.